The van der Waals surface area contributed by atoms with Gasteiger partial charge in [-0.15, -0.1) is 0 Å². The van der Waals surface area contributed by atoms with Crippen molar-refractivity contribution in [2.24, 2.45) is 0 Å². The van der Waals surface area contributed by atoms with Crippen molar-refractivity contribution in [2.75, 3.05) is 12.0 Å². The van der Waals surface area contributed by atoms with Crippen molar-refractivity contribution >= 4 is 35.3 Å². The Balaban J connectivity index is 2.32. The highest BCUT2D eigenvalue weighted by atomic mass is 16.6. The van der Waals surface area contributed by atoms with Gasteiger partial charge in [0.05, 0.1) is 12.8 Å². The molecule has 1 heterocycles. The van der Waals surface area contributed by atoms with Crippen molar-refractivity contribution in [1.82, 2.24) is 10.4 Å². The summed E-state index contributed by atoms with van der Waals surface area (Å²) < 4.78 is 16.0. The van der Waals surface area contributed by atoms with E-state index < -0.39 is 40.8 Å². The molecule has 0 radical (unpaired) electrons. The maximum atomic E-state index is 14.1. The van der Waals surface area contributed by atoms with E-state index in [0.717, 1.165) is 7.11 Å². The summed E-state index contributed by atoms with van der Waals surface area (Å²) in [6.45, 7) is 9.73. The van der Waals surface area contributed by atoms with Crippen LogP contribution in [-0.2, 0) is 19.0 Å². The Hall–Kier alpha value is -4.08. The van der Waals surface area contributed by atoms with Gasteiger partial charge in [-0.3, -0.25) is 9.69 Å². The Morgan fingerprint density at radius 1 is 0.861 bits per heavy atom. The minimum Gasteiger partial charge on any atom is -0.465 e. The van der Waals surface area contributed by atoms with Gasteiger partial charge < -0.3 is 14.2 Å². The molecule has 0 aromatic heterocycles. The molecule has 0 unspecified atom stereocenters. The second kappa shape index (κ2) is 9.52. The summed E-state index contributed by atoms with van der Waals surface area (Å²) in [6, 6.07) is 15.0. The van der Waals surface area contributed by atoms with Gasteiger partial charge in [0.1, 0.15) is 11.2 Å². The zero-order valence-corrected chi connectivity index (χ0v) is 21.4. The maximum Gasteiger partial charge on any atom is 0.432 e. The van der Waals surface area contributed by atoms with Crippen LogP contribution in [0.25, 0.3) is 0 Å². The standard InChI is InChI=1S/C26H31N3O7/c1-24(2,3)35-22(32)27-29(23(33)36-25(4,5)6)26(21(31)34-7)20(30)18-15-11-12-16-19(18)28(26)17-13-9-8-10-14-17/h8-16H,1-7H3,(H,27,32)/t26-/m1/s1. The Bertz CT molecular complexity index is 1170. The summed E-state index contributed by atoms with van der Waals surface area (Å²) in [5, 5.41) is 0.549. The van der Waals surface area contributed by atoms with Crippen LogP contribution in [0.2, 0.25) is 0 Å². The van der Waals surface area contributed by atoms with Gasteiger partial charge >= 0.3 is 23.8 Å². The molecule has 10 nitrogen and oxygen atoms in total. The zero-order valence-electron chi connectivity index (χ0n) is 21.4. The summed E-state index contributed by atoms with van der Waals surface area (Å²) in [4.78, 5) is 55.6. The number of anilines is 2. The number of benzene rings is 2. The monoisotopic (exact) mass is 497 g/mol. The first kappa shape index (κ1) is 26.5. The fourth-order valence-electron chi connectivity index (χ4n) is 3.80. The quantitative estimate of drug-likeness (QED) is 0.284. The molecule has 0 bridgehead atoms. The zero-order chi connectivity index (χ0) is 26.9. The molecule has 0 saturated carbocycles. The van der Waals surface area contributed by atoms with Crippen molar-refractivity contribution in [2.45, 2.75) is 58.4 Å². The molecule has 0 fully saturated rings. The van der Waals surface area contributed by atoms with Crippen molar-refractivity contribution in [3.05, 3.63) is 60.2 Å². The third-order valence-electron chi connectivity index (χ3n) is 5.02. The number of hydrogen-bond donors (Lipinski definition) is 1. The first-order valence-electron chi connectivity index (χ1n) is 11.3. The third-order valence-corrected chi connectivity index (χ3v) is 5.02. The van der Waals surface area contributed by atoms with E-state index in [9.17, 15) is 19.2 Å². The highest BCUT2D eigenvalue weighted by Gasteiger charge is 2.66. The molecule has 36 heavy (non-hydrogen) atoms. The van der Waals surface area contributed by atoms with Gasteiger partial charge in [0.15, 0.2) is 0 Å². The van der Waals surface area contributed by atoms with Gasteiger partial charge in [0.2, 0.25) is 5.78 Å². The molecule has 3 rings (SSSR count). The van der Waals surface area contributed by atoms with Crippen LogP contribution >= 0.6 is 0 Å². The van der Waals surface area contributed by atoms with E-state index in [1.807, 2.05) is 0 Å². The second-order valence-electron chi connectivity index (χ2n) is 10.1. The summed E-state index contributed by atoms with van der Waals surface area (Å²) in [6.07, 6.45) is -2.24. The summed E-state index contributed by atoms with van der Waals surface area (Å²) >= 11 is 0. The first-order chi connectivity index (χ1) is 16.7. The van der Waals surface area contributed by atoms with Gasteiger partial charge in [-0.05, 0) is 65.8 Å². The lowest BCUT2D eigenvalue weighted by molar-refractivity contribution is -0.152. The average molecular weight is 498 g/mol. The molecule has 1 aliphatic heterocycles. The minimum atomic E-state index is -2.51. The van der Waals surface area contributed by atoms with E-state index in [1.54, 1.807) is 90.1 Å². The number of carbonyl (C=O) groups is 4. The predicted molar refractivity (Wildman–Crippen MR) is 132 cm³/mol. The summed E-state index contributed by atoms with van der Waals surface area (Å²) in [5.74, 6) is -1.91. The van der Waals surface area contributed by atoms with Crippen LogP contribution in [0.4, 0.5) is 21.0 Å². The highest BCUT2D eigenvalue weighted by molar-refractivity contribution is 6.27. The smallest absolute Gasteiger partial charge is 0.432 e. The van der Waals surface area contributed by atoms with E-state index in [1.165, 1.54) is 11.0 Å². The molecular weight excluding hydrogens is 466 g/mol. The van der Waals surface area contributed by atoms with Gasteiger partial charge in [0, 0.05) is 11.3 Å². The number of nitrogens with zero attached hydrogens (tertiary/aromatic N) is 2. The fourth-order valence-corrected chi connectivity index (χ4v) is 3.80. The molecule has 0 saturated heterocycles. The molecule has 2 aromatic carbocycles. The molecule has 2 aromatic rings. The van der Waals surface area contributed by atoms with E-state index in [2.05, 4.69) is 5.43 Å². The summed E-state index contributed by atoms with van der Waals surface area (Å²) in [7, 11) is 1.09. The summed E-state index contributed by atoms with van der Waals surface area (Å²) in [5.41, 5.74) is -1.33. The number of amides is 2. The van der Waals surface area contributed by atoms with Crippen LogP contribution in [-0.4, -0.2) is 52.9 Å². The lowest BCUT2D eigenvalue weighted by Crippen LogP contribution is -2.73. The third kappa shape index (κ3) is 4.98. The average Bonchev–Trinajstić information content (AvgIpc) is 3.04. The van der Waals surface area contributed by atoms with Crippen LogP contribution in [0.5, 0.6) is 0 Å². The number of ketones is 1. The maximum absolute atomic E-state index is 14.1. The van der Waals surface area contributed by atoms with E-state index in [4.69, 9.17) is 14.2 Å². The number of hydrazine groups is 1. The second-order valence-corrected chi connectivity index (χ2v) is 10.1. The SMILES string of the molecule is COC(=O)[C@]1(N(NC(=O)OC(C)(C)C)C(=O)OC(C)(C)C)C(=O)c2ccccc2N1c1ccccc1. The number of ether oxygens (including phenoxy) is 3. The number of Topliss-reactive ketones (excluding diaryl/α,β-unsaturated/α-hetero) is 1. The van der Waals surface area contributed by atoms with Gasteiger partial charge in [-0.2, -0.15) is 5.01 Å². The number of para-hydroxylation sites is 2. The normalized spacial score (nSPS) is 17.2. The Kier molecular flexibility index (Phi) is 7.01. The number of hydrogen-bond acceptors (Lipinski definition) is 8. The highest BCUT2D eigenvalue weighted by Crippen LogP contribution is 2.46. The van der Waals surface area contributed by atoms with Crippen LogP contribution in [0.15, 0.2) is 54.6 Å². The number of esters is 1. The van der Waals surface area contributed by atoms with Crippen molar-refractivity contribution in [3.63, 3.8) is 0 Å². The van der Waals surface area contributed by atoms with E-state index in [-0.39, 0.29) is 5.56 Å². The van der Waals surface area contributed by atoms with E-state index >= 15 is 0 Å². The van der Waals surface area contributed by atoms with E-state index in [0.29, 0.717) is 16.4 Å². The molecule has 1 N–H and O–H groups in total. The van der Waals surface area contributed by atoms with Crippen LogP contribution in [0.3, 0.4) is 0 Å². The van der Waals surface area contributed by atoms with Crippen LogP contribution in [0, 0.1) is 0 Å². The van der Waals surface area contributed by atoms with Crippen LogP contribution in [0.1, 0.15) is 51.9 Å². The van der Waals surface area contributed by atoms with Crippen LogP contribution < -0.4 is 10.3 Å². The van der Waals surface area contributed by atoms with Gasteiger partial charge in [-0.25, -0.2) is 19.8 Å². The topological polar surface area (TPSA) is 114 Å². The van der Waals surface area contributed by atoms with Crippen molar-refractivity contribution in [3.8, 4) is 0 Å². The number of fused-ring (bicyclic) bond motifs is 1. The molecule has 2 amide bonds. The number of nitrogens with one attached hydrogen (secondary N) is 1. The molecule has 1 atom stereocenters. The molecule has 1 aliphatic rings. The molecule has 0 spiro atoms. The molecule has 10 heteroatoms. The molecule has 192 valence electrons. The minimum absolute atomic E-state index is 0.145. The Morgan fingerprint density at radius 2 is 1.42 bits per heavy atom. The number of carbonyl (C=O) groups excluding carboxylic acids is 4. The first-order valence-corrected chi connectivity index (χ1v) is 11.3. The number of methoxy groups -OCH3 is 1. The predicted octanol–water partition coefficient (Wildman–Crippen LogP) is 4.57. The van der Waals surface area contributed by atoms with Crippen molar-refractivity contribution < 1.29 is 33.4 Å². The van der Waals surface area contributed by atoms with Gasteiger partial charge in [0.25, 0.3) is 0 Å². The number of rotatable bonds is 3. The Labute approximate surface area is 210 Å². The largest absolute Gasteiger partial charge is 0.465 e. The molecule has 0 aliphatic carbocycles. The lowest BCUT2D eigenvalue weighted by atomic mass is 10.0. The van der Waals surface area contributed by atoms with Gasteiger partial charge in [-0.1, -0.05) is 30.3 Å². The van der Waals surface area contributed by atoms with Crippen molar-refractivity contribution in [1.29, 1.82) is 0 Å². The fraction of sp³-hybridized carbons (Fsp3) is 0.385. The lowest BCUT2D eigenvalue weighted by Gasteiger charge is -2.43. The molecular formula is C26H31N3O7. The Morgan fingerprint density at radius 3 is 1.97 bits per heavy atom.